The average molecular weight is 760 g/mol. The molecule has 0 saturated carbocycles. The predicted molar refractivity (Wildman–Crippen MR) is 187 cm³/mol. The van der Waals surface area contributed by atoms with Crippen LogP contribution in [-0.4, -0.2) is 91.6 Å². The fourth-order valence-electron chi connectivity index (χ4n) is 6.15. The van der Waals surface area contributed by atoms with Crippen molar-refractivity contribution in [2.75, 3.05) is 24.4 Å². The van der Waals surface area contributed by atoms with Crippen molar-refractivity contribution in [1.82, 2.24) is 0 Å². The van der Waals surface area contributed by atoms with Gasteiger partial charge in [0.2, 0.25) is 12.4 Å². The molecule has 1 amide bonds. The summed E-state index contributed by atoms with van der Waals surface area (Å²) in [7, 11) is 1.09. The van der Waals surface area contributed by atoms with Gasteiger partial charge in [-0.15, -0.1) is 22.9 Å². The van der Waals surface area contributed by atoms with Gasteiger partial charge in [-0.05, 0) is 43.9 Å². The first-order valence-corrected chi connectivity index (χ1v) is 17.6. The van der Waals surface area contributed by atoms with E-state index < -0.39 is 72.1 Å². The molecule has 2 aliphatic rings. The van der Waals surface area contributed by atoms with Crippen LogP contribution in [0.15, 0.2) is 42.5 Å². The van der Waals surface area contributed by atoms with Gasteiger partial charge in [0.15, 0.2) is 18.3 Å². The van der Waals surface area contributed by atoms with E-state index in [0.29, 0.717) is 16.5 Å². The normalized spacial score (nSPS) is 22.6. The van der Waals surface area contributed by atoms with Crippen LogP contribution in [0.4, 0.5) is 5.69 Å². The number of esters is 5. The van der Waals surface area contributed by atoms with Gasteiger partial charge < -0.3 is 38.1 Å². The van der Waals surface area contributed by atoms with E-state index in [1.54, 1.807) is 51.1 Å². The average Bonchev–Trinajstić information content (AvgIpc) is 3.71. The number of alkyl halides is 1. The Balaban J connectivity index is 1.60. The van der Waals surface area contributed by atoms with Gasteiger partial charge in [-0.25, -0.2) is 9.59 Å². The zero-order valence-corrected chi connectivity index (χ0v) is 31.0. The number of benzene rings is 2. The second kappa shape index (κ2) is 15.5. The lowest BCUT2D eigenvalue weighted by Gasteiger charge is -2.43. The molecule has 278 valence electrons. The SMILES string of the molecule is COC(=O)[C@H]1O[C@@H](Oc2cc3c(c4ccccc24)[C@H](CCl)CN3C(=O)c2ccc(C(=O)OC(C)(C)C)s2)[C@H](OC(C)=O)C(OC(C)=O)[C@@H]1OC(C)=O. The highest BCUT2D eigenvalue weighted by Gasteiger charge is 2.56. The summed E-state index contributed by atoms with van der Waals surface area (Å²) in [4.78, 5) is 78.7. The molecule has 3 aromatic rings. The number of amides is 1. The smallest absolute Gasteiger partial charge is 0.348 e. The van der Waals surface area contributed by atoms with Crippen LogP contribution in [0.1, 0.15) is 72.4 Å². The molecule has 0 N–H and O–H groups in total. The van der Waals surface area contributed by atoms with Crippen LogP contribution in [0, 0.1) is 0 Å². The van der Waals surface area contributed by atoms with Crippen LogP contribution in [0.2, 0.25) is 0 Å². The van der Waals surface area contributed by atoms with E-state index in [9.17, 15) is 28.8 Å². The van der Waals surface area contributed by atoms with Crippen molar-refractivity contribution in [3.63, 3.8) is 0 Å². The zero-order chi connectivity index (χ0) is 38.1. The Morgan fingerprint density at radius 2 is 1.46 bits per heavy atom. The number of carbonyl (C=O) groups excluding carboxylic acids is 6. The minimum Gasteiger partial charge on any atom is -0.467 e. The van der Waals surface area contributed by atoms with Crippen molar-refractivity contribution >= 4 is 75.2 Å². The van der Waals surface area contributed by atoms with E-state index in [0.717, 1.165) is 44.8 Å². The monoisotopic (exact) mass is 759 g/mol. The minimum absolute atomic E-state index is 0.140. The van der Waals surface area contributed by atoms with Crippen LogP contribution in [0.5, 0.6) is 5.75 Å². The summed E-state index contributed by atoms with van der Waals surface area (Å²) in [6.07, 6.45) is -8.00. The minimum atomic E-state index is -1.67. The van der Waals surface area contributed by atoms with Gasteiger partial charge in [-0.2, -0.15) is 0 Å². The molecule has 2 aromatic carbocycles. The largest absolute Gasteiger partial charge is 0.467 e. The van der Waals surface area contributed by atoms with Crippen molar-refractivity contribution in [3.8, 4) is 5.75 Å². The van der Waals surface area contributed by atoms with Crippen LogP contribution >= 0.6 is 22.9 Å². The molecule has 5 rings (SSSR count). The summed E-state index contributed by atoms with van der Waals surface area (Å²) >= 11 is 7.47. The highest BCUT2D eigenvalue weighted by Crippen LogP contribution is 2.47. The third-order valence-corrected chi connectivity index (χ3v) is 9.48. The van der Waals surface area contributed by atoms with Crippen LogP contribution in [0.3, 0.4) is 0 Å². The summed E-state index contributed by atoms with van der Waals surface area (Å²) in [6, 6.07) is 11.9. The molecule has 1 saturated heterocycles. The van der Waals surface area contributed by atoms with Crippen molar-refractivity contribution in [2.24, 2.45) is 0 Å². The van der Waals surface area contributed by atoms with Gasteiger partial charge in [0.1, 0.15) is 16.2 Å². The van der Waals surface area contributed by atoms with Gasteiger partial charge in [0.05, 0.1) is 17.7 Å². The highest BCUT2D eigenvalue weighted by atomic mass is 35.5. The maximum Gasteiger partial charge on any atom is 0.348 e. The molecule has 2 aliphatic heterocycles. The number of rotatable bonds is 9. The van der Waals surface area contributed by atoms with Gasteiger partial charge in [0, 0.05) is 50.6 Å². The van der Waals surface area contributed by atoms with E-state index in [1.165, 1.54) is 11.0 Å². The Hall–Kier alpha value is -4.73. The van der Waals surface area contributed by atoms with E-state index in [1.807, 2.05) is 6.07 Å². The Morgan fingerprint density at radius 3 is 2.06 bits per heavy atom. The van der Waals surface area contributed by atoms with Gasteiger partial charge in [0.25, 0.3) is 5.91 Å². The summed E-state index contributed by atoms with van der Waals surface area (Å²) < 4.78 is 39.2. The summed E-state index contributed by atoms with van der Waals surface area (Å²) in [5.41, 5.74) is 0.503. The first-order chi connectivity index (χ1) is 24.5. The van der Waals surface area contributed by atoms with Crippen molar-refractivity contribution in [1.29, 1.82) is 0 Å². The number of ether oxygens (including phenoxy) is 7. The Kier molecular flexibility index (Phi) is 11.5. The Bertz CT molecular complexity index is 1900. The second-order valence-corrected chi connectivity index (χ2v) is 14.5. The molecule has 0 aliphatic carbocycles. The molecule has 0 radical (unpaired) electrons. The van der Waals surface area contributed by atoms with Crippen molar-refractivity contribution in [2.45, 2.75) is 83.8 Å². The number of hydrogen-bond donors (Lipinski definition) is 0. The van der Waals surface area contributed by atoms with Crippen LogP contribution in [0.25, 0.3) is 10.8 Å². The number of anilines is 1. The standard InChI is InChI=1S/C36H38ClNO13S/c1-17(39)46-28-29(47-18(2)40)31(48-19(3)41)35(50-30(28)34(44)45-7)49-24-14-23-27(22-11-9-8-10-21(22)24)20(15-37)16-38(23)32(42)25-12-13-26(52-25)33(43)51-36(4,5)6/h8-14,20,28-31,35H,15-16H2,1-7H3/t20-,28+,29?,30+,31-,35-/m1/s1. The molecule has 6 atom stereocenters. The van der Waals surface area contributed by atoms with Crippen LogP contribution < -0.4 is 9.64 Å². The molecule has 14 nitrogen and oxygen atoms in total. The number of fused-ring (bicyclic) bond motifs is 3. The number of carbonyl (C=O) groups is 6. The van der Waals surface area contributed by atoms with Crippen LogP contribution in [-0.2, 0) is 47.6 Å². The number of methoxy groups -OCH3 is 1. The van der Waals surface area contributed by atoms with Gasteiger partial charge in [-0.3, -0.25) is 19.2 Å². The van der Waals surface area contributed by atoms with E-state index in [-0.39, 0.29) is 33.8 Å². The lowest BCUT2D eigenvalue weighted by Crippen LogP contribution is -2.64. The molecular formula is C36H38ClNO13S. The maximum absolute atomic E-state index is 14.1. The molecule has 0 spiro atoms. The summed E-state index contributed by atoms with van der Waals surface area (Å²) in [5, 5.41) is 1.25. The molecule has 16 heteroatoms. The summed E-state index contributed by atoms with van der Waals surface area (Å²) in [5.74, 6) is -4.40. The van der Waals surface area contributed by atoms with Crippen molar-refractivity contribution in [3.05, 3.63) is 57.8 Å². The predicted octanol–water partition coefficient (Wildman–Crippen LogP) is 4.91. The summed E-state index contributed by atoms with van der Waals surface area (Å²) in [6.45, 7) is 8.73. The number of halogens is 1. The number of nitrogens with zero attached hydrogens (tertiary/aromatic N) is 1. The zero-order valence-electron chi connectivity index (χ0n) is 29.5. The van der Waals surface area contributed by atoms with E-state index >= 15 is 0 Å². The molecular weight excluding hydrogens is 722 g/mol. The Morgan fingerprint density at radius 1 is 0.865 bits per heavy atom. The number of thiophene rings is 1. The maximum atomic E-state index is 14.1. The lowest BCUT2D eigenvalue weighted by molar-refractivity contribution is -0.282. The Labute approximate surface area is 308 Å². The fraction of sp³-hybridized carbons (Fsp3) is 0.444. The van der Waals surface area contributed by atoms with Gasteiger partial charge in [-0.1, -0.05) is 24.3 Å². The quantitative estimate of drug-likeness (QED) is 0.164. The number of hydrogen-bond acceptors (Lipinski definition) is 14. The molecule has 1 unspecified atom stereocenters. The molecule has 52 heavy (non-hydrogen) atoms. The van der Waals surface area contributed by atoms with E-state index in [4.69, 9.17) is 44.8 Å². The second-order valence-electron chi connectivity index (χ2n) is 13.1. The fourth-order valence-corrected chi connectivity index (χ4v) is 7.24. The van der Waals surface area contributed by atoms with Crippen molar-refractivity contribution < 1.29 is 61.9 Å². The van der Waals surface area contributed by atoms with E-state index in [2.05, 4.69) is 0 Å². The molecule has 3 heterocycles. The lowest BCUT2D eigenvalue weighted by atomic mass is 9.95. The first kappa shape index (κ1) is 38.5. The van der Waals surface area contributed by atoms with Gasteiger partial charge >= 0.3 is 29.8 Å². The molecule has 1 fully saturated rings. The highest BCUT2D eigenvalue weighted by molar-refractivity contribution is 7.16. The first-order valence-electron chi connectivity index (χ1n) is 16.2. The third kappa shape index (κ3) is 8.16. The molecule has 1 aromatic heterocycles. The third-order valence-electron chi connectivity index (χ3n) is 8.05. The topological polar surface area (TPSA) is 170 Å². The molecule has 0 bridgehead atoms.